The molecule has 0 bridgehead atoms. The predicted octanol–water partition coefficient (Wildman–Crippen LogP) is 10.5. The van der Waals surface area contributed by atoms with Gasteiger partial charge in [0.2, 0.25) is 43.5 Å². The third-order valence-corrected chi connectivity index (χ3v) is 19.7. The Kier molecular flexibility index (Phi) is 21.3. The molecule has 2 aliphatic heterocycles. The number of carbonyl (C=O) groups excluding carboxylic acids is 2. The molecule has 2 atom stereocenters. The van der Waals surface area contributed by atoms with Crippen molar-refractivity contribution in [1.29, 1.82) is 0 Å². The Bertz CT molecular complexity index is 4430. The maximum atomic E-state index is 14.2. The molecule has 2 aliphatic rings. The highest BCUT2D eigenvalue weighted by Crippen LogP contribution is 2.39. The van der Waals surface area contributed by atoms with Crippen LogP contribution in [0.2, 0.25) is 5.15 Å². The van der Waals surface area contributed by atoms with Crippen LogP contribution < -0.4 is 39.4 Å². The number of nitrogens with one attached hydrogen (secondary N) is 2. The number of alkyl halides is 16. The summed E-state index contributed by atoms with van der Waals surface area (Å²) < 4.78 is 305. The lowest BCUT2D eigenvalue weighted by atomic mass is 10.1. The largest absolute Gasteiger partial charge is 0.573 e. The van der Waals surface area contributed by atoms with Crippen molar-refractivity contribution in [2.75, 3.05) is 49.1 Å². The molecular weight excluding hydrogens is 1460 g/mol. The highest BCUT2D eigenvalue weighted by Gasteiger charge is 2.45. The van der Waals surface area contributed by atoms with Gasteiger partial charge in [-0.25, -0.2) is 45.6 Å². The lowest BCUT2D eigenvalue weighted by Gasteiger charge is -2.39. The van der Waals surface area contributed by atoms with Crippen molar-refractivity contribution in [2.24, 2.45) is 0 Å². The Morgan fingerprint density at radius 2 is 0.969 bits per heavy atom. The van der Waals surface area contributed by atoms with E-state index in [1.165, 1.54) is 15.9 Å². The minimum Gasteiger partial charge on any atom is -0.432 e. The van der Waals surface area contributed by atoms with Crippen LogP contribution in [0.5, 0.6) is 23.0 Å². The summed E-state index contributed by atoms with van der Waals surface area (Å²) >= 11 is 7.59. The van der Waals surface area contributed by atoms with E-state index in [9.17, 15) is 105 Å². The second kappa shape index (κ2) is 28.5. The summed E-state index contributed by atoms with van der Waals surface area (Å²) in [5.74, 6) is -10.2. The Labute approximate surface area is 544 Å². The lowest BCUT2D eigenvalue weighted by Crippen LogP contribution is -2.60. The van der Waals surface area contributed by atoms with Gasteiger partial charge in [-0.3, -0.25) is 9.59 Å². The van der Waals surface area contributed by atoms with E-state index >= 15 is 0 Å². The molecule has 2 saturated heterocycles. The SMILES string of the molecule is O=C(NCc1ccc(OC(F)F)c(F)c1)[C@H]1CN(c2nc3nc(C(F)(F)F)nc(Cl)c3s2)CCN1S(=O)(=O)c1ccc(OC(F)(F)F)cc1.O=C(NCc1ccc(OC(F)F)c(F)c1)[C@H]1CN(c2nc3nc(C(F)(F)F)ncc3s2)CCN1S(=O)(=O)c1ccc(OC(F)(F)F)cc1. The number of hydrogen-bond acceptors (Lipinski definition) is 20. The van der Waals surface area contributed by atoms with Crippen LogP contribution in [-0.2, 0) is 55.1 Å². The molecular formula is C52H37ClF18N12O10S4. The van der Waals surface area contributed by atoms with Crippen molar-refractivity contribution in [1.82, 2.24) is 49.1 Å². The van der Waals surface area contributed by atoms with Crippen molar-refractivity contribution in [3.63, 3.8) is 0 Å². The fourth-order valence-electron chi connectivity index (χ4n) is 9.13. The fourth-order valence-corrected chi connectivity index (χ4v) is 14.4. The summed E-state index contributed by atoms with van der Waals surface area (Å²) in [6.07, 6.45) is -19.0. The average molecular weight is 1500 g/mol. The van der Waals surface area contributed by atoms with Gasteiger partial charge in [-0.05, 0) is 83.9 Å². The average Bonchev–Trinajstić information content (AvgIpc) is 1.76. The zero-order chi connectivity index (χ0) is 70.9. The summed E-state index contributed by atoms with van der Waals surface area (Å²) in [6.45, 7) is -9.43. The summed E-state index contributed by atoms with van der Waals surface area (Å²) in [5, 5.41) is 4.39. The zero-order valence-electron chi connectivity index (χ0n) is 47.5. The molecule has 4 aromatic carbocycles. The van der Waals surface area contributed by atoms with E-state index in [1.54, 1.807) is 0 Å². The van der Waals surface area contributed by atoms with Gasteiger partial charge >= 0.3 is 38.3 Å². The first-order chi connectivity index (χ1) is 45.2. The van der Waals surface area contributed by atoms with Crippen LogP contribution in [0, 0.1) is 11.6 Å². The van der Waals surface area contributed by atoms with Crippen molar-refractivity contribution in [3.05, 3.63) is 131 Å². The van der Waals surface area contributed by atoms with Gasteiger partial charge in [0.1, 0.15) is 28.3 Å². The van der Waals surface area contributed by atoms with Crippen LogP contribution in [-0.4, -0.2) is 144 Å². The van der Waals surface area contributed by atoms with Crippen LogP contribution in [0.15, 0.2) is 101 Å². The fraction of sp³-hybridized carbons (Fsp3) is 0.308. The number of benzene rings is 4. The third kappa shape index (κ3) is 18.0. The van der Waals surface area contributed by atoms with Crippen LogP contribution in [0.25, 0.3) is 20.7 Å². The van der Waals surface area contributed by atoms with Gasteiger partial charge in [-0.15, -0.1) is 26.3 Å². The summed E-state index contributed by atoms with van der Waals surface area (Å²) in [7, 11) is -9.19. The van der Waals surface area contributed by atoms with E-state index in [0.717, 1.165) is 116 Å². The van der Waals surface area contributed by atoms with Crippen molar-refractivity contribution in [3.8, 4) is 23.0 Å². The summed E-state index contributed by atoms with van der Waals surface area (Å²) in [4.78, 5) is 50.4. The number of fused-ring (bicyclic) bond motifs is 2. The van der Waals surface area contributed by atoms with Gasteiger partial charge in [0.15, 0.2) is 49.8 Å². The Balaban J connectivity index is 0.000000227. The van der Waals surface area contributed by atoms with Crippen molar-refractivity contribution in [2.45, 2.75) is 73.3 Å². The molecule has 6 heterocycles. The monoisotopic (exact) mass is 1490 g/mol. The minimum absolute atomic E-state index is 0.00529. The van der Waals surface area contributed by atoms with Crippen molar-refractivity contribution < 1.29 is 124 Å². The maximum absolute atomic E-state index is 14.2. The van der Waals surface area contributed by atoms with Gasteiger partial charge < -0.3 is 39.4 Å². The lowest BCUT2D eigenvalue weighted by molar-refractivity contribution is -0.275. The standard InChI is InChI=1S/C26H18ClF9N6O5S2.C26H19F9N6O5S2/c27-19-18-20(39-22(38-19)25(31,32)33)40-24(48-18)41-7-8-42(49(44,45)14-4-2-13(3-5-14)47-26(34,35)36)16(11-41)21(43)37-10-12-1-6-17(15(28)9-12)46-23(29)30;27-16-9-13(1-6-18(16)45-23(28)29)10-36-21(42)17-12-40(24-39-20-19(47-24)11-37-22(38-20)25(30,31)32)7-8-41(17)48(43,44)15-4-2-14(3-5-15)46-26(33,34)35/h1-6,9,16,23H,7-8,10-11H2,(H,37,43);1-6,9,11,17,23H,7-8,10,12H2,(H,36,42)/t16-;17-/m11/s1. The van der Waals surface area contributed by atoms with E-state index in [2.05, 4.69) is 59.5 Å². The second-order valence-corrected chi connectivity index (χ2v) is 25.9. The molecule has 2 fully saturated rings. The molecule has 0 spiro atoms. The normalized spacial score (nSPS) is 16.3. The van der Waals surface area contributed by atoms with Gasteiger partial charge in [-0.2, -0.15) is 62.5 Å². The molecule has 2 N–H and O–H groups in total. The van der Waals surface area contributed by atoms with E-state index in [1.807, 2.05) is 0 Å². The first-order valence-corrected chi connectivity index (χ1v) is 31.5. The van der Waals surface area contributed by atoms with Gasteiger partial charge in [0.25, 0.3) is 0 Å². The highest BCUT2D eigenvalue weighted by atomic mass is 35.5. The molecule has 2 amide bonds. The van der Waals surface area contributed by atoms with E-state index in [0.29, 0.717) is 0 Å². The number of aromatic nitrogens is 6. The molecule has 97 heavy (non-hydrogen) atoms. The highest BCUT2D eigenvalue weighted by molar-refractivity contribution is 7.89. The molecule has 10 rings (SSSR count). The number of halogens is 19. The molecule has 8 aromatic rings. The third-order valence-electron chi connectivity index (χ3n) is 13.3. The zero-order valence-corrected chi connectivity index (χ0v) is 51.5. The first kappa shape index (κ1) is 72.7. The molecule has 45 heteroatoms. The quantitative estimate of drug-likeness (QED) is 0.0598. The molecule has 0 saturated carbocycles. The first-order valence-electron chi connectivity index (χ1n) is 26.6. The number of carbonyl (C=O) groups is 2. The van der Waals surface area contributed by atoms with E-state index in [4.69, 9.17) is 11.6 Å². The van der Waals surface area contributed by atoms with E-state index < -0.39 is 188 Å². The molecule has 0 unspecified atom stereocenters. The predicted molar refractivity (Wildman–Crippen MR) is 301 cm³/mol. The molecule has 0 aliphatic carbocycles. The Morgan fingerprint density at radius 1 is 0.557 bits per heavy atom. The van der Waals surface area contributed by atoms with Crippen LogP contribution >= 0.6 is 34.3 Å². The number of hydrogen-bond donors (Lipinski definition) is 2. The number of amides is 2. The number of ether oxygens (including phenoxy) is 4. The molecule has 0 radical (unpaired) electrons. The Hall–Kier alpha value is -8.59. The number of rotatable bonds is 18. The maximum Gasteiger partial charge on any atom is 0.573 e. The van der Waals surface area contributed by atoms with Crippen molar-refractivity contribution >= 4 is 97.1 Å². The summed E-state index contributed by atoms with van der Waals surface area (Å²) in [5.41, 5.74) is -0.564. The number of thiazole rings is 2. The van der Waals surface area contributed by atoms with Crippen LogP contribution in [0.3, 0.4) is 0 Å². The van der Waals surface area contributed by atoms with Crippen LogP contribution in [0.1, 0.15) is 22.8 Å². The van der Waals surface area contributed by atoms with E-state index in [-0.39, 0.29) is 49.5 Å². The second-order valence-electron chi connectivity index (χ2n) is 19.8. The minimum atomic E-state index is -5.05. The molecule has 4 aromatic heterocycles. The number of anilines is 2. The number of sulfonamides is 2. The number of piperazine rings is 2. The van der Waals surface area contributed by atoms with Crippen LogP contribution in [0.4, 0.5) is 89.3 Å². The number of nitrogens with zero attached hydrogens (tertiary/aromatic N) is 10. The van der Waals surface area contributed by atoms with Gasteiger partial charge in [-0.1, -0.05) is 46.4 Å². The smallest absolute Gasteiger partial charge is 0.432 e. The molecule has 522 valence electrons. The van der Waals surface area contributed by atoms with Gasteiger partial charge in [0, 0.05) is 52.4 Å². The topological polar surface area (TPSA) is 254 Å². The van der Waals surface area contributed by atoms with Gasteiger partial charge in [0.05, 0.1) is 20.7 Å². The molecule has 22 nitrogen and oxygen atoms in total. The summed E-state index contributed by atoms with van der Waals surface area (Å²) in [6, 6.07) is 8.93. The Morgan fingerprint density at radius 3 is 1.37 bits per heavy atom.